The van der Waals surface area contributed by atoms with Crippen molar-refractivity contribution in [2.75, 3.05) is 0 Å². The average molecular weight is 340 g/mol. The highest BCUT2D eigenvalue weighted by Crippen LogP contribution is 2.40. The molecule has 4 nitrogen and oxygen atoms in total. The van der Waals surface area contributed by atoms with Gasteiger partial charge in [0.1, 0.15) is 11.5 Å². The van der Waals surface area contributed by atoms with Crippen LogP contribution < -0.4 is 0 Å². The summed E-state index contributed by atoms with van der Waals surface area (Å²) < 4.78 is 0. The maximum atomic E-state index is 10.8. The summed E-state index contributed by atoms with van der Waals surface area (Å²) in [5.41, 5.74) is 4.18. The number of phenols is 2. The van der Waals surface area contributed by atoms with Crippen molar-refractivity contribution < 1.29 is 10.2 Å². The topological polar surface area (TPSA) is 66.2 Å². The van der Waals surface area contributed by atoms with Gasteiger partial charge in [-0.05, 0) is 24.3 Å². The molecule has 4 heteroatoms. The van der Waals surface area contributed by atoms with Crippen LogP contribution in [0.1, 0.15) is 0 Å². The summed E-state index contributed by atoms with van der Waals surface area (Å²) in [6.45, 7) is 0. The smallest absolute Gasteiger partial charge is 0.131 e. The van der Waals surface area contributed by atoms with Gasteiger partial charge in [0, 0.05) is 34.6 Å². The predicted octanol–water partition coefficient (Wildman–Crippen LogP) is 4.89. The third-order valence-electron chi connectivity index (χ3n) is 4.23. The summed E-state index contributed by atoms with van der Waals surface area (Å²) in [6.07, 6.45) is 3.44. The first-order valence-electron chi connectivity index (χ1n) is 8.22. The Kier molecular flexibility index (Phi) is 4.07. The quantitative estimate of drug-likeness (QED) is 0.557. The second-order valence-electron chi connectivity index (χ2n) is 5.87. The molecule has 26 heavy (non-hydrogen) atoms. The lowest BCUT2D eigenvalue weighted by Crippen LogP contribution is -1.89. The number of aromatic hydroxyl groups is 2. The van der Waals surface area contributed by atoms with Crippen molar-refractivity contribution in [3.63, 3.8) is 0 Å². The Morgan fingerprint density at radius 1 is 0.577 bits per heavy atom. The SMILES string of the molecule is Oc1ccccc1-c1cccc(-c2ccc(-c3ccccn3)nc2)c1O. The fourth-order valence-electron chi connectivity index (χ4n) is 2.91. The van der Waals surface area contributed by atoms with E-state index >= 15 is 0 Å². The van der Waals surface area contributed by atoms with Crippen LogP contribution in [0.15, 0.2) is 85.2 Å². The Hall–Kier alpha value is -3.66. The van der Waals surface area contributed by atoms with E-state index in [9.17, 15) is 10.2 Å². The maximum absolute atomic E-state index is 10.8. The molecule has 126 valence electrons. The third-order valence-corrected chi connectivity index (χ3v) is 4.23. The van der Waals surface area contributed by atoms with Crippen LogP contribution in [-0.2, 0) is 0 Å². The molecule has 0 fully saturated rings. The summed E-state index contributed by atoms with van der Waals surface area (Å²) in [5.74, 6) is 0.241. The normalized spacial score (nSPS) is 10.6. The molecule has 0 amide bonds. The molecular weight excluding hydrogens is 324 g/mol. The summed E-state index contributed by atoms with van der Waals surface area (Å²) in [7, 11) is 0. The number of phenolic OH excluding ortho intramolecular Hbond substituents is 2. The van der Waals surface area contributed by atoms with Crippen LogP contribution in [0.4, 0.5) is 0 Å². The molecule has 2 aromatic heterocycles. The molecule has 0 spiro atoms. The van der Waals surface area contributed by atoms with Gasteiger partial charge in [-0.15, -0.1) is 0 Å². The monoisotopic (exact) mass is 340 g/mol. The van der Waals surface area contributed by atoms with Gasteiger partial charge in [-0.1, -0.05) is 48.5 Å². The van der Waals surface area contributed by atoms with Crippen molar-refractivity contribution in [3.05, 3.63) is 85.2 Å². The minimum absolute atomic E-state index is 0.112. The van der Waals surface area contributed by atoms with Crippen molar-refractivity contribution in [1.29, 1.82) is 0 Å². The summed E-state index contributed by atoms with van der Waals surface area (Å²) in [4.78, 5) is 8.76. The van der Waals surface area contributed by atoms with E-state index in [-0.39, 0.29) is 11.5 Å². The fraction of sp³-hybridized carbons (Fsp3) is 0. The van der Waals surface area contributed by atoms with E-state index in [2.05, 4.69) is 9.97 Å². The van der Waals surface area contributed by atoms with E-state index < -0.39 is 0 Å². The van der Waals surface area contributed by atoms with Crippen molar-refractivity contribution >= 4 is 0 Å². The second kappa shape index (κ2) is 6.69. The van der Waals surface area contributed by atoms with E-state index in [0.717, 1.165) is 17.0 Å². The van der Waals surface area contributed by atoms with E-state index in [1.165, 1.54) is 0 Å². The van der Waals surface area contributed by atoms with Gasteiger partial charge in [-0.2, -0.15) is 0 Å². The number of hydrogen-bond donors (Lipinski definition) is 2. The van der Waals surface area contributed by atoms with E-state index in [1.807, 2.05) is 48.5 Å². The van der Waals surface area contributed by atoms with Crippen LogP contribution in [0, 0.1) is 0 Å². The van der Waals surface area contributed by atoms with Crippen molar-refractivity contribution in [3.8, 4) is 45.1 Å². The standard InChI is InChI=1S/C22H16N2O2/c25-21-10-2-1-6-17(21)18-8-5-7-16(22(18)26)15-11-12-20(24-14-15)19-9-3-4-13-23-19/h1-14,25-26H. The van der Waals surface area contributed by atoms with E-state index in [4.69, 9.17) is 0 Å². The van der Waals surface area contributed by atoms with Crippen LogP contribution in [0.2, 0.25) is 0 Å². The molecule has 0 saturated heterocycles. The Morgan fingerprint density at radius 2 is 1.31 bits per heavy atom. The van der Waals surface area contributed by atoms with Gasteiger partial charge in [0.2, 0.25) is 0 Å². The minimum atomic E-state index is 0.112. The zero-order valence-electron chi connectivity index (χ0n) is 13.9. The number of aromatic nitrogens is 2. The first-order chi connectivity index (χ1) is 12.7. The highest BCUT2D eigenvalue weighted by atomic mass is 16.3. The molecule has 0 bridgehead atoms. The van der Waals surface area contributed by atoms with Crippen LogP contribution >= 0.6 is 0 Å². The molecule has 0 saturated carbocycles. The first kappa shape index (κ1) is 15.8. The second-order valence-corrected chi connectivity index (χ2v) is 5.87. The number of rotatable bonds is 3. The average Bonchev–Trinajstić information content (AvgIpc) is 2.70. The molecule has 0 radical (unpaired) electrons. The van der Waals surface area contributed by atoms with Gasteiger partial charge < -0.3 is 10.2 Å². The lowest BCUT2D eigenvalue weighted by molar-refractivity contribution is 0.470. The van der Waals surface area contributed by atoms with Crippen LogP contribution in [0.25, 0.3) is 33.6 Å². The van der Waals surface area contributed by atoms with Crippen molar-refractivity contribution in [1.82, 2.24) is 9.97 Å². The minimum Gasteiger partial charge on any atom is -0.507 e. The Balaban J connectivity index is 1.75. The molecule has 4 aromatic rings. The largest absolute Gasteiger partial charge is 0.507 e. The molecule has 2 heterocycles. The third kappa shape index (κ3) is 2.89. The van der Waals surface area contributed by atoms with E-state index in [1.54, 1.807) is 36.7 Å². The molecule has 0 aliphatic carbocycles. The van der Waals surface area contributed by atoms with Crippen molar-refractivity contribution in [2.45, 2.75) is 0 Å². The van der Waals surface area contributed by atoms with Gasteiger partial charge in [0.25, 0.3) is 0 Å². The van der Waals surface area contributed by atoms with Crippen LogP contribution in [-0.4, -0.2) is 20.2 Å². The highest BCUT2D eigenvalue weighted by Gasteiger charge is 2.13. The molecular formula is C22H16N2O2. The van der Waals surface area contributed by atoms with Gasteiger partial charge in [-0.25, -0.2) is 0 Å². The molecule has 0 aliphatic rings. The molecule has 2 N–H and O–H groups in total. The Morgan fingerprint density at radius 3 is 2.04 bits per heavy atom. The van der Waals surface area contributed by atoms with Crippen LogP contribution in [0.5, 0.6) is 11.5 Å². The zero-order chi connectivity index (χ0) is 17.9. The number of hydrogen-bond acceptors (Lipinski definition) is 4. The highest BCUT2D eigenvalue weighted by molar-refractivity contribution is 5.84. The number of para-hydroxylation sites is 2. The Labute approximate surface area is 151 Å². The zero-order valence-corrected chi connectivity index (χ0v) is 13.9. The fourth-order valence-corrected chi connectivity index (χ4v) is 2.91. The summed E-state index contributed by atoms with van der Waals surface area (Å²) >= 11 is 0. The summed E-state index contributed by atoms with van der Waals surface area (Å²) in [6, 6.07) is 21.9. The van der Waals surface area contributed by atoms with Crippen LogP contribution in [0.3, 0.4) is 0 Å². The van der Waals surface area contributed by atoms with Gasteiger partial charge >= 0.3 is 0 Å². The first-order valence-corrected chi connectivity index (χ1v) is 8.22. The van der Waals surface area contributed by atoms with Crippen molar-refractivity contribution in [2.24, 2.45) is 0 Å². The van der Waals surface area contributed by atoms with Gasteiger partial charge in [-0.3, -0.25) is 9.97 Å². The number of benzene rings is 2. The molecule has 0 aliphatic heterocycles. The van der Waals surface area contributed by atoms with Gasteiger partial charge in [0.05, 0.1) is 11.4 Å². The predicted molar refractivity (Wildman–Crippen MR) is 102 cm³/mol. The Bertz CT molecular complexity index is 1050. The molecule has 0 unspecified atom stereocenters. The van der Waals surface area contributed by atoms with E-state index in [0.29, 0.717) is 16.7 Å². The lowest BCUT2D eigenvalue weighted by Gasteiger charge is -2.11. The summed E-state index contributed by atoms with van der Waals surface area (Å²) in [5, 5.41) is 20.8. The van der Waals surface area contributed by atoms with Gasteiger partial charge in [0.15, 0.2) is 0 Å². The molecule has 2 aromatic carbocycles. The molecule has 4 rings (SSSR count). The maximum Gasteiger partial charge on any atom is 0.131 e. The lowest BCUT2D eigenvalue weighted by atomic mass is 9.97. The molecule has 0 atom stereocenters. The number of pyridine rings is 2. The number of nitrogens with zero attached hydrogens (tertiary/aromatic N) is 2.